The standard InChI is InChI=1S/C5H3F3O3/c1-4(6)2(9)11-3(10)5(4,7)8/h1H3. The number of ether oxygens (including phenoxy) is 1. The smallest absolute Gasteiger partial charge is 0.386 e. The van der Waals surface area contributed by atoms with Gasteiger partial charge in [-0.3, -0.25) is 0 Å². The summed E-state index contributed by atoms with van der Waals surface area (Å²) in [7, 11) is 0. The zero-order chi connectivity index (χ0) is 8.86. The Bertz CT molecular complexity index is 209. The average Bonchev–Trinajstić information content (AvgIpc) is 1.95. The molecule has 1 heterocycles. The summed E-state index contributed by atoms with van der Waals surface area (Å²) in [5.41, 5.74) is -3.52. The molecule has 0 aliphatic carbocycles. The first-order valence-corrected chi connectivity index (χ1v) is 2.63. The quantitative estimate of drug-likeness (QED) is 0.389. The SMILES string of the molecule is CC1(F)C(=O)OC(=O)C1(F)F. The predicted molar refractivity (Wildman–Crippen MR) is 25.6 cm³/mol. The Morgan fingerprint density at radius 3 is 1.73 bits per heavy atom. The molecule has 0 aromatic carbocycles. The van der Waals surface area contributed by atoms with Gasteiger partial charge < -0.3 is 4.74 Å². The van der Waals surface area contributed by atoms with Crippen molar-refractivity contribution < 1.29 is 27.5 Å². The third-order valence-corrected chi connectivity index (χ3v) is 1.41. The molecule has 0 amide bonds. The van der Waals surface area contributed by atoms with E-state index in [-0.39, 0.29) is 0 Å². The molecule has 0 saturated carbocycles. The van der Waals surface area contributed by atoms with Crippen LogP contribution in [0.1, 0.15) is 6.92 Å². The Balaban J connectivity index is 3.15. The van der Waals surface area contributed by atoms with Gasteiger partial charge in [0.25, 0.3) is 5.67 Å². The van der Waals surface area contributed by atoms with E-state index in [1.807, 2.05) is 0 Å². The highest BCUT2D eigenvalue weighted by Crippen LogP contribution is 2.39. The van der Waals surface area contributed by atoms with Crippen molar-refractivity contribution in [1.29, 1.82) is 0 Å². The Morgan fingerprint density at radius 1 is 1.18 bits per heavy atom. The van der Waals surface area contributed by atoms with Crippen LogP contribution in [0.5, 0.6) is 0 Å². The number of esters is 2. The van der Waals surface area contributed by atoms with Crippen molar-refractivity contribution >= 4 is 11.9 Å². The lowest BCUT2D eigenvalue weighted by Crippen LogP contribution is -2.44. The third-order valence-electron chi connectivity index (χ3n) is 1.41. The van der Waals surface area contributed by atoms with Crippen molar-refractivity contribution in [3.05, 3.63) is 0 Å². The topological polar surface area (TPSA) is 43.4 Å². The first-order valence-electron chi connectivity index (χ1n) is 2.63. The number of alkyl halides is 3. The molecule has 1 saturated heterocycles. The second-order valence-electron chi connectivity index (χ2n) is 2.25. The molecule has 1 fully saturated rings. The number of hydrogen-bond acceptors (Lipinski definition) is 3. The van der Waals surface area contributed by atoms with Gasteiger partial charge in [-0.2, -0.15) is 8.78 Å². The zero-order valence-corrected chi connectivity index (χ0v) is 5.36. The molecule has 1 unspecified atom stereocenters. The summed E-state index contributed by atoms with van der Waals surface area (Å²) in [5.74, 6) is -8.33. The lowest BCUT2D eigenvalue weighted by molar-refractivity contribution is -0.164. The summed E-state index contributed by atoms with van der Waals surface area (Å²) in [5, 5.41) is 0. The number of halogens is 3. The van der Waals surface area contributed by atoms with Crippen LogP contribution in [0.3, 0.4) is 0 Å². The maximum Gasteiger partial charge on any atom is 0.388 e. The second-order valence-corrected chi connectivity index (χ2v) is 2.25. The van der Waals surface area contributed by atoms with E-state index in [0.29, 0.717) is 6.92 Å². The fourth-order valence-corrected chi connectivity index (χ4v) is 0.564. The Labute approximate surface area is 59.1 Å². The maximum absolute atomic E-state index is 12.6. The molecule has 62 valence electrons. The van der Waals surface area contributed by atoms with E-state index in [9.17, 15) is 22.8 Å². The predicted octanol–water partition coefficient (Wildman–Crippen LogP) is 0.433. The van der Waals surface area contributed by atoms with Crippen molar-refractivity contribution in [2.45, 2.75) is 18.5 Å². The van der Waals surface area contributed by atoms with E-state index in [2.05, 4.69) is 4.74 Å². The van der Waals surface area contributed by atoms with Gasteiger partial charge >= 0.3 is 17.9 Å². The van der Waals surface area contributed by atoms with Crippen molar-refractivity contribution in [2.24, 2.45) is 0 Å². The molecule has 1 rings (SSSR count). The first-order chi connectivity index (χ1) is 4.80. The molecule has 1 aliphatic heterocycles. The van der Waals surface area contributed by atoms with E-state index in [0.717, 1.165) is 0 Å². The summed E-state index contributed by atoms with van der Waals surface area (Å²) < 4.78 is 40.6. The van der Waals surface area contributed by atoms with Crippen LogP contribution in [0.25, 0.3) is 0 Å². The molecule has 3 nitrogen and oxygen atoms in total. The summed E-state index contributed by atoms with van der Waals surface area (Å²) in [4.78, 5) is 20.3. The molecule has 0 aromatic rings. The zero-order valence-electron chi connectivity index (χ0n) is 5.36. The lowest BCUT2D eigenvalue weighted by Gasteiger charge is -2.13. The highest BCUT2D eigenvalue weighted by atomic mass is 19.3. The number of cyclic esters (lactones) is 2. The first kappa shape index (κ1) is 8.03. The lowest BCUT2D eigenvalue weighted by atomic mass is 10.0. The van der Waals surface area contributed by atoms with Gasteiger partial charge in [0.05, 0.1) is 0 Å². The average molecular weight is 168 g/mol. The van der Waals surface area contributed by atoms with Gasteiger partial charge in [-0.15, -0.1) is 0 Å². The Hall–Kier alpha value is -1.07. The fourth-order valence-electron chi connectivity index (χ4n) is 0.564. The van der Waals surface area contributed by atoms with E-state index in [1.54, 1.807) is 0 Å². The number of hydrogen-bond donors (Lipinski definition) is 0. The third kappa shape index (κ3) is 0.749. The van der Waals surface area contributed by atoms with Crippen LogP contribution >= 0.6 is 0 Å². The highest BCUT2D eigenvalue weighted by molar-refractivity contribution is 6.04. The molecule has 0 radical (unpaired) electrons. The monoisotopic (exact) mass is 168 g/mol. The molecule has 0 aromatic heterocycles. The number of carbonyl (C=O) groups excluding carboxylic acids is 2. The van der Waals surface area contributed by atoms with Crippen LogP contribution in [-0.4, -0.2) is 23.5 Å². The van der Waals surface area contributed by atoms with Gasteiger partial charge in [0, 0.05) is 0 Å². The minimum absolute atomic E-state index is 0.306. The maximum atomic E-state index is 12.6. The van der Waals surface area contributed by atoms with Gasteiger partial charge in [0.15, 0.2) is 0 Å². The van der Waals surface area contributed by atoms with Crippen molar-refractivity contribution in [1.82, 2.24) is 0 Å². The molecule has 1 atom stereocenters. The summed E-state index contributed by atoms with van der Waals surface area (Å²) in [6.45, 7) is 0.306. The molecule has 11 heavy (non-hydrogen) atoms. The van der Waals surface area contributed by atoms with Crippen LogP contribution in [0.4, 0.5) is 13.2 Å². The largest absolute Gasteiger partial charge is 0.388 e. The van der Waals surface area contributed by atoms with E-state index in [1.165, 1.54) is 0 Å². The van der Waals surface area contributed by atoms with Crippen LogP contribution in [0.15, 0.2) is 0 Å². The highest BCUT2D eigenvalue weighted by Gasteiger charge is 2.70. The fraction of sp³-hybridized carbons (Fsp3) is 0.600. The van der Waals surface area contributed by atoms with Crippen molar-refractivity contribution in [2.75, 3.05) is 0 Å². The molecule has 6 heteroatoms. The van der Waals surface area contributed by atoms with Crippen LogP contribution < -0.4 is 0 Å². The molecular weight excluding hydrogens is 165 g/mol. The molecule has 0 spiro atoms. The van der Waals surface area contributed by atoms with Gasteiger partial charge in [0.1, 0.15) is 0 Å². The normalized spacial score (nSPS) is 35.6. The summed E-state index contributed by atoms with van der Waals surface area (Å²) >= 11 is 0. The summed E-state index contributed by atoms with van der Waals surface area (Å²) in [6, 6.07) is 0. The second kappa shape index (κ2) is 1.75. The van der Waals surface area contributed by atoms with Gasteiger partial charge in [-0.25, -0.2) is 14.0 Å². The molecule has 0 N–H and O–H groups in total. The van der Waals surface area contributed by atoms with Crippen LogP contribution in [-0.2, 0) is 14.3 Å². The molecule has 0 bridgehead atoms. The van der Waals surface area contributed by atoms with Crippen molar-refractivity contribution in [3.8, 4) is 0 Å². The van der Waals surface area contributed by atoms with Gasteiger partial charge in [-0.1, -0.05) is 0 Å². The minimum atomic E-state index is -4.36. The molecular formula is C5H3F3O3. The van der Waals surface area contributed by atoms with Crippen molar-refractivity contribution in [3.63, 3.8) is 0 Å². The number of rotatable bonds is 0. The summed E-state index contributed by atoms with van der Waals surface area (Å²) in [6.07, 6.45) is 0. The van der Waals surface area contributed by atoms with Gasteiger partial charge in [0.2, 0.25) is 0 Å². The molecule has 1 aliphatic rings. The van der Waals surface area contributed by atoms with Gasteiger partial charge in [-0.05, 0) is 6.92 Å². The Kier molecular flexibility index (Phi) is 1.28. The van der Waals surface area contributed by atoms with E-state index in [4.69, 9.17) is 0 Å². The van der Waals surface area contributed by atoms with Crippen LogP contribution in [0.2, 0.25) is 0 Å². The van der Waals surface area contributed by atoms with E-state index < -0.39 is 23.5 Å². The van der Waals surface area contributed by atoms with Crippen LogP contribution in [0, 0.1) is 0 Å². The minimum Gasteiger partial charge on any atom is -0.386 e. The number of carbonyl (C=O) groups is 2. The Morgan fingerprint density at radius 2 is 1.64 bits per heavy atom. The van der Waals surface area contributed by atoms with E-state index >= 15 is 0 Å².